The topological polar surface area (TPSA) is 48.9 Å². The van der Waals surface area contributed by atoms with E-state index in [0.29, 0.717) is 6.04 Å². The Balaban J connectivity index is 0.00000400. The molecular formula is C14H31IN4OS. The molecule has 1 aliphatic rings. The van der Waals surface area contributed by atoms with Crippen molar-refractivity contribution < 1.29 is 4.74 Å². The maximum absolute atomic E-state index is 5.39. The van der Waals surface area contributed by atoms with Gasteiger partial charge in [0.15, 0.2) is 5.96 Å². The second kappa shape index (κ2) is 13.9. The number of thioether (sulfide) groups is 1. The second-order valence-electron chi connectivity index (χ2n) is 4.99. The van der Waals surface area contributed by atoms with Crippen LogP contribution < -0.4 is 10.6 Å². The minimum absolute atomic E-state index is 0. The van der Waals surface area contributed by atoms with E-state index in [2.05, 4.69) is 35.6 Å². The zero-order chi connectivity index (χ0) is 14.6. The van der Waals surface area contributed by atoms with E-state index in [1.807, 2.05) is 11.8 Å². The van der Waals surface area contributed by atoms with Gasteiger partial charge in [0.2, 0.25) is 0 Å². The zero-order valence-electron chi connectivity index (χ0n) is 13.6. The third-order valence-electron chi connectivity index (χ3n) is 3.34. The van der Waals surface area contributed by atoms with E-state index >= 15 is 0 Å². The number of hydrogen-bond acceptors (Lipinski definition) is 4. The molecule has 1 rings (SSSR count). The molecule has 126 valence electrons. The second-order valence-corrected chi connectivity index (χ2v) is 5.98. The number of ether oxygens (including phenoxy) is 1. The molecule has 0 aromatic rings. The van der Waals surface area contributed by atoms with E-state index in [1.54, 1.807) is 0 Å². The summed E-state index contributed by atoms with van der Waals surface area (Å²) in [6.45, 7) is 10.8. The molecule has 1 saturated heterocycles. The molecule has 0 aliphatic carbocycles. The van der Waals surface area contributed by atoms with Crippen LogP contribution in [0.5, 0.6) is 0 Å². The highest BCUT2D eigenvalue weighted by Crippen LogP contribution is 2.03. The van der Waals surface area contributed by atoms with Gasteiger partial charge in [-0.3, -0.25) is 9.89 Å². The van der Waals surface area contributed by atoms with Gasteiger partial charge in [-0.25, -0.2) is 0 Å². The van der Waals surface area contributed by atoms with Crippen LogP contribution in [-0.4, -0.2) is 74.8 Å². The SMILES string of the molecule is CCNC(=NCC(C)N1CCOCC1)NCCCSC.I. The minimum atomic E-state index is 0. The standard InChI is InChI=1S/C14H30N4OS.HI/c1-4-15-14(16-6-5-11-20-3)17-12-13(2)18-7-9-19-10-8-18;/h13H,4-12H2,1-3H3,(H2,15,16,17);1H. The van der Waals surface area contributed by atoms with Gasteiger partial charge in [0.25, 0.3) is 0 Å². The van der Waals surface area contributed by atoms with Crippen LogP contribution in [0, 0.1) is 0 Å². The van der Waals surface area contributed by atoms with E-state index in [0.717, 1.165) is 51.9 Å². The fraction of sp³-hybridized carbons (Fsp3) is 0.929. The van der Waals surface area contributed by atoms with Crippen molar-refractivity contribution in [1.29, 1.82) is 0 Å². The van der Waals surface area contributed by atoms with Gasteiger partial charge in [-0.05, 0) is 32.3 Å². The van der Waals surface area contributed by atoms with Gasteiger partial charge in [0.05, 0.1) is 19.8 Å². The van der Waals surface area contributed by atoms with Crippen LogP contribution in [0.2, 0.25) is 0 Å². The highest BCUT2D eigenvalue weighted by atomic mass is 127. The van der Waals surface area contributed by atoms with Gasteiger partial charge in [-0.2, -0.15) is 11.8 Å². The van der Waals surface area contributed by atoms with Crippen LogP contribution in [0.15, 0.2) is 4.99 Å². The maximum atomic E-state index is 5.39. The van der Waals surface area contributed by atoms with Crippen LogP contribution in [-0.2, 0) is 4.74 Å². The Bertz CT molecular complexity index is 276. The number of hydrogen-bond donors (Lipinski definition) is 2. The number of halogens is 1. The first-order valence-electron chi connectivity index (χ1n) is 7.60. The number of nitrogens with one attached hydrogen (secondary N) is 2. The average Bonchev–Trinajstić information content (AvgIpc) is 2.49. The molecule has 0 amide bonds. The quantitative estimate of drug-likeness (QED) is 0.265. The Morgan fingerprint density at radius 3 is 2.67 bits per heavy atom. The maximum Gasteiger partial charge on any atom is 0.191 e. The summed E-state index contributed by atoms with van der Waals surface area (Å²) in [7, 11) is 0. The minimum Gasteiger partial charge on any atom is -0.379 e. The molecular weight excluding hydrogens is 399 g/mol. The van der Waals surface area contributed by atoms with Crippen molar-refractivity contribution in [2.45, 2.75) is 26.3 Å². The Morgan fingerprint density at radius 1 is 1.33 bits per heavy atom. The first kappa shape index (κ1) is 21.3. The van der Waals surface area contributed by atoms with Crippen LogP contribution >= 0.6 is 35.7 Å². The van der Waals surface area contributed by atoms with Crippen molar-refractivity contribution in [2.75, 3.05) is 57.9 Å². The van der Waals surface area contributed by atoms with Crippen LogP contribution in [0.1, 0.15) is 20.3 Å². The molecule has 7 heteroatoms. The summed E-state index contributed by atoms with van der Waals surface area (Å²) in [5, 5.41) is 6.70. The van der Waals surface area contributed by atoms with Crippen LogP contribution in [0.25, 0.3) is 0 Å². The van der Waals surface area contributed by atoms with E-state index in [-0.39, 0.29) is 24.0 Å². The monoisotopic (exact) mass is 430 g/mol. The normalized spacial score (nSPS) is 18.0. The van der Waals surface area contributed by atoms with Gasteiger partial charge in [0.1, 0.15) is 0 Å². The molecule has 1 heterocycles. The number of rotatable bonds is 8. The lowest BCUT2D eigenvalue weighted by molar-refractivity contribution is 0.0220. The fourth-order valence-electron chi connectivity index (χ4n) is 2.12. The zero-order valence-corrected chi connectivity index (χ0v) is 16.7. The van der Waals surface area contributed by atoms with Crippen LogP contribution in [0.3, 0.4) is 0 Å². The van der Waals surface area contributed by atoms with E-state index < -0.39 is 0 Å². The summed E-state index contributed by atoms with van der Waals surface area (Å²) in [4.78, 5) is 7.14. The third-order valence-corrected chi connectivity index (χ3v) is 4.04. The Kier molecular flexibility index (Phi) is 14.1. The first-order valence-corrected chi connectivity index (χ1v) is 9.00. The molecule has 5 nitrogen and oxygen atoms in total. The van der Waals surface area contributed by atoms with Crippen molar-refractivity contribution in [3.05, 3.63) is 0 Å². The first-order chi connectivity index (χ1) is 9.77. The number of morpholine rings is 1. The van der Waals surface area contributed by atoms with Gasteiger partial charge in [0, 0.05) is 32.2 Å². The molecule has 2 N–H and O–H groups in total. The smallest absolute Gasteiger partial charge is 0.191 e. The third kappa shape index (κ3) is 9.80. The Morgan fingerprint density at radius 2 is 2.05 bits per heavy atom. The molecule has 0 spiro atoms. The lowest BCUT2D eigenvalue weighted by atomic mass is 10.2. The van der Waals surface area contributed by atoms with Gasteiger partial charge >= 0.3 is 0 Å². The van der Waals surface area contributed by atoms with Crippen molar-refractivity contribution >= 4 is 41.7 Å². The molecule has 0 aromatic heterocycles. The summed E-state index contributed by atoms with van der Waals surface area (Å²) in [5.74, 6) is 2.13. The van der Waals surface area contributed by atoms with Gasteiger partial charge in [-0.15, -0.1) is 24.0 Å². The molecule has 1 unspecified atom stereocenters. The molecule has 0 bridgehead atoms. The van der Waals surface area contributed by atoms with Gasteiger partial charge < -0.3 is 15.4 Å². The highest BCUT2D eigenvalue weighted by molar-refractivity contribution is 14.0. The summed E-state index contributed by atoms with van der Waals surface area (Å²) in [6, 6.07) is 0.473. The Labute approximate surface area is 151 Å². The number of nitrogens with zero attached hydrogens (tertiary/aromatic N) is 2. The lowest BCUT2D eigenvalue weighted by Gasteiger charge is -2.31. The molecule has 21 heavy (non-hydrogen) atoms. The molecule has 1 aliphatic heterocycles. The van der Waals surface area contributed by atoms with E-state index in [4.69, 9.17) is 9.73 Å². The predicted molar refractivity (Wildman–Crippen MR) is 104 cm³/mol. The summed E-state index contributed by atoms with van der Waals surface area (Å²) in [5.41, 5.74) is 0. The lowest BCUT2D eigenvalue weighted by Crippen LogP contribution is -2.44. The Hall–Kier alpha value is 0.270. The summed E-state index contributed by atoms with van der Waals surface area (Å²) < 4.78 is 5.39. The fourth-order valence-corrected chi connectivity index (χ4v) is 2.56. The van der Waals surface area contributed by atoms with E-state index in [1.165, 1.54) is 12.2 Å². The molecule has 0 aromatic carbocycles. The summed E-state index contributed by atoms with van der Waals surface area (Å²) in [6.07, 6.45) is 3.31. The largest absolute Gasteiger partial charge is 0.379 e. The van der Waals surface area contributed by atoms with Crippen molar-refractivity contribution in [3.8, 4) is 0 Å². The predicted octanol–water partition coefficient (Wildman–Crippen LogP) is 1.63. The summed E-state index contributed by atoms with van der Waals surface area (Å²) >= 11 is 1.88. The molecule has 0 saturated carbocycles. The highest BCUT2D eigenvalue weighted by Gasteiger charge is 2.16. The molecule has 1 atom stereocenters. The van der Waals surface area contributed by atoms with Crippen molar-refractivity contribution in [3.63, 3.8) is 0 Å². The van der Waals surface area contributed by atoms with E-state index in [9.17, 15) is 0 Å². The molecule has 1 fully saturated rings. The average molecular weight is 430 g/mol. The number of aliphatic imine (C=N–C) groups is 1. The number of guanidine groups is 1. The molecule has 0 radical (unpaired) electrons. The van der Waals surface area contributed by atoms with Crippen molar-refractivity contribution in [2.24, 2.45) is 4.99 Å². The van der Waals surface area contributed by atoms with Crippen LogP contribution in [0.4, 0.5) is 0 Å². The van der Waals surface area contributed by atoms with Crippen molar-refractivity contribution in [1.82, 2.24) is 15.5 Å². The van der Waals surface area contributed by atoms with Gasteiger partial charge in [-0.1, -0.05) is 0 Å².